The fourth-order valence-corrected chi connectivity index (χ4v) is 0. The smallest absolute Gasteiger partial charge is 1.00 e. The van der Waals surface area contributed by atoms with Gasteiger partial charge in [-0.1, -0.05) is 0 Å². The monoisotopic (exact) mass is 192 g/mol. The molecule has 0 amide bonds. The van der Waals surface area contributed by atoms with Crippen molar-refractivity contribution in [1.29, 1.82) is 0 Å². The van der Waals surface area contributed by atoms with Crippen molar-refractivity contribution >= 4 is 32.0 Å². The third-order valence-corrected chi connectivity index (χ3v) is 0. The van der Waals surface area contributed by atoms with Gasteiger partial charge in [-0.15, -0.1) is 0 Å². The molecule has 0 spiro atoms. The van der Waals surface area contributed by atoms with Crippen molar-refractivity contribution in [2.45, 2.75) is 11.4 Å². The van der Waals surface area contributed by atoms with E-state index in [0.717, 1.165) is 0 Å². The Morgan fingerprint density at radius 2 is 1.50 bits per heavy atom. The van der Waals surface area contributed by atoms with Crippen LogP contribution in [0.25, 0.3) is 0 Å². The van der Waals surface area contributed by atoms with Crippen LogP contribution in [0.4, 0.5) is 0 Å². The molecule has 0 heterocycles. The van der Waals surface area contributed by atoms with E-state index in [4.69, 9.17) is 21.3 Å². The molecule has 0 aromatic heterocycles. The molecule has 0 aliphatic rings. The molecule has 0 unspecified atom stereocenters. The van der Waals surface area contributed by atoms with E-state index in [1.807, 2.05) is 11.4 Å². The molecule has 0 aliphatic carbocycles. The maximum absolute atomic E-state index is 4.81. The van der Waals surface area contributed by atoms with E-state index in [9.17, 15) is 0 Å². The molecule has 0 aromatic carbocycles. The van der Waals surface area contributed by atoms with Gasteiger partial charge in [0.05, 0.1) is 0 Å². The van der Waals surface area contributed by atoms with E-state index in [-0.39, 0.29) is 29.6 Å². The zero-order valence-electron chi connectivity index (χ0n) is 4.26. The van der Waals surface area contributed by atoms with Crippen molar-refractivity contribution in [3.05, 3.63) is 0 Å². The average Bonchev–Trinajstić information content (AvgIpc) is 0.722. The van der Waals surface area contributed by atoms with Crippen LogP contribution in [0.2, 0.25) is 11.4 Å². The summed E-state index contributed by atoms with van der Waals surface area (Å²) in [5, 5.41) is 0. The van der Waals surface area contributed by atoms with Crippen molar-refractivity contribution in [2.24, 2.45) is 0 Å². The van der Waals surface area contributed by atoms with Gasteiger partial charge < -0.3 is 0 Å². The van der Waals surface area contributed by atoms with Gasteiger partial charge in [0.15, 0.2) is 0 Å². The van der Waals surface area contributed by atoms with Gasteiger partial charge >= 0.3 is 73.0 Å². The summed E-state index contributed by atoms with van der Waals surface area (Å²) in [6.45, 7) is 0. The second-order valence-electron chi connectivity index (χ2n) is 1.25. The minimum Gasteiger partial charge on any atom is 1.00 e. The summed E-state index contributed by atoms with van der Waals surface area (Å²) < 4.78 is 0. The van der Waals surface area contributed by atoms with E-state index in [1.165, 1.54) is 0 Å². The molecule has 0 rings (SSSR count). The first kappa shape index (κ1) is 11.0. The molecule has 0 nitrogen and oxygen atoms in total. The molecule has 0 N–H and O–H groups in total. The van der Waals surface area contributed by atoms with Crippen LogP contribution < -0.4 is 29.6 Å². The van der Waals surface area contributed by atoms with Gasteiger partial charge in [-0.05, 0) is 0 Å². The van der Waals surface area contributed by atoms with E-state index >= 15 is 0 Å². The zero-order chi connectivity index (χ0) is 4.50. The van der Waals surface area contributed by atoms with Crippen molar-refractivity contribution in [1.82, 2.24) is 0 Å². The van der Waals surface area contributed by atoms with E-state index < -0.39 is 10.7 Å². The Hall–Kier alpha value is 2.13. The average molecular weight is 192 g/mol. The maximum Gasteiger partial charge on any atom is 1.00 e. The van der Waals surface area contributed by atoms with Crippen LogP contribution in [0.15, 0.2) is 0 Å². The quantitative estimate of drug-likeness (QED) is 0.336. The van der Waals surface area contributed by atoms with Crippen LogP contribution in [0.1, 0.15) is 0 Å². The van der Waals surface area contributed by atoms with Crippen LogP contribution >= 0.6 is 10.4 Å². The molecule has 0 atom stereocenters. The summed E-state index contributed by atoms with van der Waals surface area (Å²) in [7, 11) is 7.92. The van der Waals surface area contributed by atoms with Gasteiger partial charge in [-0.2, -0.15) is 0 Å². The van der Waals surface area contributed by atoms with Crippen LogP contribution in [0.5, 0.6) is 0 Å². The molecule has 0 radical (unpaired) electrons. The van der Waals surface area contributed by atoms with Crippen LogP contribution in [0, 0.1) is 0 Å². The standard InChI is InChI=1S/C2H7AsS2.Na/c1-3(2,4)5;/h1-2H3,(H,4,5);/q;+1/p-1. The SMILES string of the molecule is C[As](C)(=S)[S-].[Na+]. The van der Waals surface area contributed by atoms with Crippen molar-refractivity contribution in [3.8, 4) is 0 Å². The van der Waals surface area contributed by atoms with Crippen LogP contribution in [-0.2, 0) is 10.9 Å². The molecule has 0 aromatic rings. The summed E-state index contributed by atoms with van der Waals surface area (Å²) in [6, 6.07) is 0. The number of hydrogen-bond acceptors (Lipinski definition) is 2. The summed E-state index contributed by atoms with van der Waals surface area (Å²) in [5.74, 6) is 0. The normalized spacial score (nSPS) is 9.83. The minimum absolute atomic E-state index is 0. The molecule has 6 heavy (non-hydrogen) atoms. The predicted octanol–water partition coefficient (Wildman–Crippen LogP) is -1.56. The second kappa shape index (κ2) is 4.05. The van der Waals surface area contributed by atoms with Gasteiger partial charge in [-0.3, -0.25) is 0 Å². The fourth-order valence-electron chi connectivity index (χ4n) is 0. The summed E-state index contributed by atoms with van der Waals surface area (Å²) in [5.41, 5.74) is 3.98. The van der Waals surface area contributed by atoms with Gasteiger partial charge in [0.25, 0.3) is 0 Å². The summed E-state index contributed by atoms with van der Waals surface area (Å²) in [6.07, 6.45) is 0. The molecule has 4 heteroatoms. The predicted molar refractivity (Wildman–Crippen MR) is 32.4 cm³/mol. The van der Waals surface area contributed by atoms with Gasteiger partial charge in [-0.25, -0.2) is 0 Å². The van der Waals surface area contributed by atoms with Crippen molar-refractivity contribution in [2.75, 3.05) is 0 Å². The molecule has 0 fully saturated rings. The van der Waals surface area contributed by atoms with E-state index in [1.54, 1.807) is 0 Å². The molecule has 32 valence electrons. The van der Waals surface area contributed by atoms with Crippen LogP contribution in [0.3, 0.4) is 0 Å². The Balaban J connectivity index is 0. The Morgan fingerprint density at radius 3 is 1.50 bits per heavy atom. The first-order valence-electron chi connectivity index (χ1n) is 1.26. The van der Waals surface area contributed by atoms with E-state index in [0.29, 0.717) is 0 Å². The molecule has 0 bridgehead atoms. The van der Waals surface area contributed by atoms with Crippen molar-refractivity contribution in [3.63, 3.8) is 0 Å². The Labute approximate surface area is 72.0 Å². The first-order valence-corrected chi connectivity index (χ1v) is 10.3. The van der Waals surface area contributed by atoms with Gasteiger partial charge in [0.1, 0.15) is 0 Å². The largest absolute Gasteiger partial charge is 1.00 e. The summed E-state index contributed by atoms with van der Waals surface area (Å²) in [4.78, 5) is 0. The third kappa shape index (κ3) is 35.6. The van der Waals surface area contributed by atoms with E-state index in [2.05, 4.69) is 0 Å². The van der Waals surface area contributed by atoms with Gasteiger partial charge in [0, 0.05) is 0 Å². The Kier molecular flexibility index (Phi) is 7.43. The first-order chi connectivity index (χ1) is 2.00. The molecule has 0 aliphatic heterocycles. The fraction of sp³-hybridized carbons (Fsp3) is 1.00. The molecule has 0 saturated carbocycles. The molecular weight excluding hydrogens is 186 g/mol. The second-order valence-corrected chi connectivity index (χ2v) is 17.2. The molecular formula is C2H6AsNaS2. The van der Waals surface area contributed by atoms with Gasteiger partial charge in [0.2, 0.25) is 0 Å². The molecule has 0 saturated heterocycles. The Bertz CT molecular complexity index is 57.7. The number of hydrogen-bond donors (Lipinski definition) is 0. The Morgan fingerprint density at radius 1 is 1.50 bits per heavy atom. The maximum atomic E-state index is 4.81. The topological polar surface area (TPSA) is 0 Å². The van der Waals surface area contributed by atoms with Crippen LogP contribution in [-0.4, -0.2) is 10.7 Å². The van der Waals surface area contributed by atoms with Crippen molar-refractivity contribution < 1.29 is 29.6 Å². The minimum atomic E-state index is -1.71. The third-order valence-electron chi connectivity index (χ3n) is 0. The number of rotatable bonds is 0. The zero-order valence-corrected chi connectivity index (χ0v) is 9.77. The summed E-state index contributed by atoms with van der Waals surface area (Å²) >= 11 is 0.